The highest BCUT2D eigenvalue weighted by molar-refractivity contribution is 9.10. The van der Waals surface area contributed by atoms with Gasteiger partial charge in [-0.05, 0) is 34.1 Å². The number of aromatic nitrogens is 2. The lowest BCUT2D eigenvalue weighted by atomic mass is 10.3. The lowest BCUT2D eigenvalue weighted by Gasteiger charge is -2.08. The molecule has 0 aliphatic rings. The van der Waals surface area contributed by atoms with Gasteiger partial charge in [-0.1, -0.05) is 11.6 Å². The second kappa shape index (κ2) is 5.47. The molecule has 0 bridgehead atoms. The van der Waals surface area contributed by atoms with Crippen LogP contribution in [-0.4, -0.2) is 9.97 Å². The van der Waals surface area contributed by atoms with Crippen LogP contribution in [0.3, 0.4) is 0 Å². The van der Waals surface area contributed by atoms with Crippen LogP contribution in [0.4, 0.5) is 21.8 Å². The molecule has 4 N–H and O–H groups in total. The Morgan fingerprint density at radius 1 is 1.39 bits per heavy atom. The third kappa shape index (κ3) is 2.87. The molecule has 0 atom stereocenters. The zero-order valence-electron chi connectivity index (χ0n) is 8.92. The van der Waals surface area contributed by atoms with E-state index in [1.54, 1.807) is 18.2 Å². The number of nitrogens with one attached hydrogen (secondary N) is 2. The van der Waals surface area contributed by atoms with Gasteiger partial charge in [0.25, 0.3) is 0 Å². The highest BCUT2D eigenvalue weighted by Gasteiger charge is 2.07. The number of benzene rings is 1. The van der Waals surface area contributed by atoms with Crippen molar-refractivity contribution in [1.82, 2.24) is 9.97 Å². The van der Waals surface area contributed by atoms with Gasteiger partial charge in [0.15, 0.2) is 11.6 Å². The molecule has 94 valence electrons. The zero-order valence-corrected chi connectivity index (χ0v) is 11.3. The van der Waals surface area contributed by atoms with Crippen molar-refractivity contribution in [2.45, 2.75) is 0 Å². The molecular formula is C10H8BrClFN5. The molecule has 18 heavy (non-hydrogen) atoms. The van der Waals surface area contributed by atoms with Gasteiger partial charge in [0, 0.05) is 10.2 Å². The molecule has 8 heteroatoms. The molecule has 0 radical (unpaired) electrons. The van der Waals surface area contributed by atoms with E-state index in [9.17, 15) is 4.39 Å². The van der Waals surface area contributed by atoms with E-state index < -0.39 is 5.82 Å². The predicted octanol–water partition coefficient (Wildman–Crippen LogP) is 3.06. The average Bonchev–Trinajstić information content (AvgIpc) is 2.36. The number of hydrogen-bond acceptors (Lipinski definition) is 5. The number of hydrogen-bond donors (Lipinski definition) is 3. The van der Waals surface area contributed by atoms with Crippen LogP contribution >= 0.6 is 27.5 Å². The Balaban J connectivity index is 2.30. The lowest BCUT2D eigenvalue weighted by Crippen LogP contribution is -2.11. The molecule has 5 nitrogen and oxygen atoms in total. The number of anilines is 3. The van der Waals surface area contributed by atoms with Crippen molar-refractivity contribution >= 4 is 45.0 Å². The summed E-state index contributed by atoms with van der Waals surface area (Å²) in [6, 6.07) is 5.11. The summed E-state index contributed by atoms with van der Waals surface area (Å²) in [5.41, 5.74) is 2.84. The van der Waals surface area contributed by atoms with E-state index in [2.05, 4.69) is 36.6 Å². The first kappa shape index (κ1) is 13.0. The second-order valence-corrected chi connectivity index (χ2v) is 4.55. The third-order valence-corrected chi connectivity index (χ3v) is 3.29. The smallest absolute Gasteiger partial charge is 0.239 e. The summed E-state index contributed by atoms with van der Waals surface area (Å²) in [7, 11) is 0. The molecule has 0 amide bonds. The van der Waals surface area contributed by atoms with Crippen LogP contribution in [-0.2, 0) is 0 Å². The molecule has 0 fully saturated rings. The van der Waals surface area contributed by atoms with Gasteiger partial charge in [0.05, 0.1) is 11.2 Å². The fourth-order valence-corrected chi connectivity index (χ4v) is 1.66. The molecule has 1 aromatic heterocycles. The number of hydrazine groups is 1. The minimum Gasteiger partial charge on any atom is -0.338 e. The fourth-order valence-electron chi connectivity index (χ4n) is 1.23. The fraction of sp³-hybridized carbons (Fsp3) is 0. The molecule has 0 unspecified atom stereocenters. The maximum atomic E-state index is 13.5. The van der Waals surface area contributed by atoms with E-state index in [0.717, 1.165) is 10.7 Å². The van der Waals surface area contributed by atoms with Gasteiger partial charge < -0.3 is 5.32 Å². The normalized spacial score (nSPS) is 10.2. The van der Waals surface area contributed by atoms with Crippen LogP contribution in [0.1, 0.15) is 0 Å². The second-order valence-electron chi connectivity index (χ2n) is 3.29. The molecule has 0 spiro atoms. The average molecular weight is 333 g/mol. The zero-order chi connectivity index (χ0) is 13.1. The first-order chi connectivity index (χ1) is 8.60. The Morgan fingerprint density at radius 2 is 2.17 bits per heavy atom. The Hall–Kier alpha value is -1.44. The van der Waals surface area contributed by atoms with Gasteiger partial charge in [-0.15, -0.1) is 0 Å². The minimum atomic E-state index is -0.590. The Bertz CT molecular complexity index is 580. The topological polar surface area (TPSA) is 75.9 Å². The van der Waals surface area contributed by atoms with Gasteiger partial charge in [-0.3, -0.25) is 5.43 Å². The van der Waals surface area contributed by atoms with Gasteiger partial charge in [0.1, 0.15) is 0 Å². The summed E-state index contributed by atoms with van der Waals surface area (Å²) in [4.78, 5) is 7.48. The summed E-state index contributed by atoms with van der Waals surface area (Å²) >= 11 is 9.20. The summed E-state index contributed by atoms with van der Waals surface area (Å²) in [5, 5.41) is 3.29. The largest absolute Gasteiger partial charge is 0.338 e. The van der Waals surface area contributed by atoms with Crippen molar-refractivity contribution < 1.29 is 4.39 Å². The van der Waals surface area contributed by atoms with Crippen LogP contribution < -0.4 is 16.6 Å². The summed E-state index contributed by atoms with van der Waals surface area (Å²) in [6.45, 7) is 0. The molecule has 0 aliphatic carbocycles. The van der Waals surface area contributed by atoms with Crippen molar-refractivity contribution in [3.8, 4) is 0 Å². The number of nitrogen functional groups attached to an aromatic ring is 1. The Kier molecular flexibility index (Phi) is 3.95. The van der Waals surface area contributed by atoms with E-state index in [-0.39, 0.29) is 11.8 Å². The van der Waals surface area contributed by atoms with Crippen LogP contribution in [0.25, 0.3) is 0 Å². The van der Waals surface area contributed by atoms with E-state index in [0.29, 0.717) is 10.7 Å². The summed E-state index contributed by atoms with van der Waals surface area (Å²) in [6.07, 6.45) is 1.02. The van der Waals surface area contributed by atoms with Gasteiger partial charge in [-0.2, -0.15) is 4.98 Å². The molecule has 0 saturated heterocycles. The Labute approximate surface area is 116 Å². The molecule has 1 aromatic carbocycles. The van der Waals surface area contributed by atoms with Crippen LogP contribution in [0.2, 0.25) is 5.02 Å². The Morgan fingerprint density at radius 3 is 2.83 bits per heavy atom. The van der Waals surface area contributed by atoms with Gasteiger partial charge >= 0.3 is 0 Å². The molecule has 1 heterocycles. The maximum absolute atomic E-state index is 13.5. The van der Waals surface area contributed by atoms with Crippen LogP contribution in [0.5, 0.6) is 0 Å². The first-order valence-corrected chi connectivity index (χ1v) is 5.98. The lowest BCUT2D eigenvalue weighted by molar-refractivity contribution is 0.619. The molecule has 2 rings (SSSR count). The highest BCUT2D eigenvalue weighted by atomic mass is 79.9. The van der Waals surface area contributed by atoms with Crippen LogP contribution in [0, 0.1) is 5.82 Å². The van der Waals surface area contributed by atoms with Gasteiger partial charge in [-0.25, -0.2) is 15.2 Å². The summed E-state index contributed by atoms with van der Waals surface area (Å²) in [5.74, 6) is 4.69. The maximum Gasteiger partial charge on any atom is 0.239 e. The van der Waals surface area contributed by atoms with E-state index in [1.807, 2.05) is 0 Å². The number of rotatable bonds is 3. The SMILES string of the molecule is NNc1ncc(F)c(Nc2ccc(Br)c(Cl)c2)n1. The third-order valence-electron chi connectivity index (χ3n) is 2.06. The quantitative estimate of drug-likeness (QED) is 0.595. The van der Waals surface area contributed by atoms with Crippen LogP contribution in [0.15, 0.2) is 28.9 Å². The van der Waals surface area contributed by atoms with Crippen molar-refractivity contribution in [2.24, 2.45) is 5.84 Å². The van der Waals surface area contributed by atoms with Crippen molar-refractivity contribution in [3.63, 3.8) is 0 Å². The number of nitrogens with two attached hydrogens (primary N) is 1. The van der Waals surface area contributed by atoms with E-state index in [4.69, 9.17) is 17.4 Å². The standard InChI is InChI=1S/C10H8BrClFN5/c11-6-2-1-5(3-7(6)12)16-9-8(13)4-15-10(17-9)18-14/h1-4H,14H2,(H2,15,16,17,18). The van der Waals surface area contributed by atoms with Gasteiger partial charge in [0.2, 0.25) is 5.95 Å². The van der Waals surface area contributed by atoms with Crippen molar-refractivity contribution in [3.05, 3.63) is 39.7 Å². The van der Waals surface area contributed by atoms with E-state index in [1.165, 1.54) is 0 Å². The number of nitrogens with zero attached hydrogens (tertiary/aromatic N) is 2. The van der Waals surface area contributed by atoms with Crippen molar-refractivity contribution in [1.29, 1.82) is 0 Å². The minimum absolute atomic E-state index is 0.0105. The highest BCUT2D eigenvalue weighted by Crippen LogP contribution is 2.27. The molecular weight excluding hydrogens is 324 g/mol. The van der Waals surface area contributed by atoms with E-state index >= 15 is 0 Å². The molecule has 0 aliphatic heterocycles. The first-order valence-electron chi connectivity index (χ1n) is 4.81. The summed E-state index contributed by atoms with van der Waals surface area (Å²) < 4.78 is 14.2. The molecule has 2 aromatic rings. The molecule has 0 saturated carbocycles. The number of halogens is 3. The monoisotopic (exact) mass is 331 g/mol. The van der Waals surface area contributed by atoms with Crippen molar-refractivity contribution in [2.75, 3.05) is 10.7 Å². The predicted molar refractivity (Wildman–Crippen MR) is 72.2 cm³/mol.